The van der Waals surface area contributed by atoms with Crippen molar-refractivity contribution in [2.45, 2.75) is 150 Å². The molecule has 0 spiro atoms. The number of hydrogen-bond acceptors (Lipinski definition) is 16. The summed E-state index contributed by atoms with van der Waals surface area (Å²) in [7, 11) is 0. The molecule has 0 N–H and O–H groups in total. The molecule has 15 atom stereocenters. The summed E-state index contributed by atoms with van der Waals surface area (Å²) >= 11 is 0. The monoisotopic (exact) mass is 744 g/mol. The Morgan fingerprint density at radius 2 is 0.942 bits per heavy atom. The molecule has 3 unspecified atom stereocenters. The van der Waals surface area contributed by atoms with E-state index < -0.39 is 109 Å². The summed E-state index contributed by atoms with van der Waals surface area (Å²) < 4.78 is 58.4. The molecule has 0 aromatic rings. The standard InChI is InChI=1S/C36H56O16/c1-12-26-13-27(30(45-20(6)37)17(3)16(26)2)43-14-28-18(4)32(47-22(8)39)34(49-24(10)41)35(51-28)44-15-29-31(46-21(7)38)19(5)33(48-23(9)40)36(52-29)50-25(11)42/h16-19,26-36H,12-15H2,1-11H3/t16-,17-,18+,19-,26-,27+,28?,29?,30+,31-,32-,33+,34+,35+,36?/m0/s1. The largest absolute Gasteiger partial charge is 0.459 e. The van der Waals surface area contributed by atoms with Crippen molar-refractivity contribution >= 4 is 35.8 Å². The third-order valence-corrected chi connectivity index (χ3v) is 10.2. The molecular weight excluding hydrogens is 688 g/mol. The average Bonchev–Trinajstić information content (AvgIpc) is 3.03. The summed E-state index contributed by atoms with van der Waals surface area (Å²) in [6.45, 7) is 16.6. The second-order valence-corrected chi connectivity index (χ2v) is 14.1. The van der Waals surface area contributed by atoms with Crippen molar-refractivity contribution in [3.8, 4) is 0 Å². The van der Waals surface area contributed by atoms with Crippen LogP contribution >= 0.6 is 0 Å². The van der Waals surface area contributed by atoms with Crippen LogP contribution < -0.4 is 0 Å². The van der Waals surface area contributed by atoms with Crippen molar-refractivity contribution < 1.29 is 76.1 Å². The maximum Gasteiger partial charge on any atom is 0.305 e. The number of carbonyl (C=O) groups excluding carboxylic acids is 6. The van der Waals surface area contributed by atoms with E-state index in [-0.39, 0.29) is 19.1 Å². The minimum absolute atomic E-state index is 0.0167. The Bertz CT molecular complexity index is 1270. The molecule has 0 aromatic carbocycles. The number of esters is 6. The Hall–Kier alpha value is -3.34. The highest BCUT2D eigenvalue weighted by Gasteiger charge is 2.52. The van der Waals surface area contributed by atoms with E-state index in [2.05, 4.69) is 13.8 Å². The van der Waals surface area contributed by atoms with Crippen LogP contribution in [0.2, 0.25) is 0 Å². The molecule has 1 saturated carbocycles. The summed E-state index contributed by atoms with van der Waals surface area (Å²) in [5.41, 5.74) is 0. The molecule has 0 bridgehead atoms. The van der Waals surface area contributed by atoms with Gasteiger partial charge in [-0.2, -0.15) is 0 Å². The Balaban J connectivity index is 1.92. The van der Waals surface area contributed by atoms with E-state index in [0.29, 0.717) is 18.3 Å². The maximum atomic E-state index is 12.3. The molecule has 2 saturated heterocycles. The molecule has 52 heavy (non-hydrogen) atoms. The lowest BCUT2D eigenvalue weighted by Crippen LogP contribution is -2.61. The molecule has 16 heteroatoms. The van der Waals surface area contributed by atoms with Crippen LogP contribution in [0.4, 0.5) is 0 Å². The number of ether oxygens (including phenoxy) is 10. The van der Waals surface area contributed by atoms with Crippen molar-refractivity contribution in [2.75, 3.05) is 13.2 Å². The minimum atomic E-state index is -1.37. The van der Waals surface area contributed by atoms with E-state index in [9.17, 15) is 28.8 Å². The third kappa shape index (κ3) is 11.3. The third-order valence-electron chi connectivity index (χ3n) is 10.2. The van der Waals surface area contributed by atoms with E-state index in [4.69, 9.17) is 47.4 Å². The Kier molecular flexibility index (Phi) is 15.8. The van der Waals surface area contributed by atoms with Crippen LogP contribution in [-0.4, -0.2) is 110 Å². The Labute approximate surface area is 305 Å². The van der Waals surface area contributed by atoms with Crippen LogP contribution in [0.5, 0.6) is 0 Å². The van der Waals surface area contributed by atoms with Gasteiger partial charge in [-0.1, -0.05) is 41.0 Å². The summed E-state index contributed by atoms with van der Waals surface area (Å²) in [5, 5.41) is 0. The van der Waals surface area contributed by atoms with Crippen LogP contribution in [0.1, 0.15) is 89.0 Å². The van der Waals surface area contributed by atoms with E-state index in [1.807, 2.05) is 6.92 Å². The highest BCUT2D eigenvalue weighted by molar-refractivity contribution is 5.68. The van der Waals surface area contributed by atoms with Crippen LogP contribution in [0.3, 0.4) is 0 Å². The molecule has 0 radical (unpaired) electrons. The molecule has 3 fully saturated rings. The van der Waals surface area contributed by atoms with Gasteiger partial charge in [0.05, 0.1) is 25.4 Å². The van der Waals surface area contributed by atoms with E-state index in [1.165, 1.54) is 34.6 Å². The normalized spacial score (nSPS) is 37.6. The lowest BCUT2D eigenvalue weighted by molar-refractivity contribution is -0.321. The van der Waals surface area contributed by atoms with Crippen molar-refractivity contribution in [3.05, 3.63) is 0 Å². The first kappa shape index (κ1) is 43.1. The van der Waals surface area contributed by atoms with Crippen LogP contribution in [-0.2, 0) is 76.1 Å². The van der Waals surface area contributed by atoms with Crippen LogP contribution in [0.25, 0.3) is 0 Å². The molecule has 3 rings (SSSR count). The average molecular weight is 745 g/mol. The fraction of sp³-hybridized carbons (Fsp3) is 0.833. The summed E-state index contributed by atoms with van der Waals surface area (Å²) in [4.78, 5) is 72.8. The van der Waals surface area contributed by atoms with Crippen molar-refractivity contribution in [2.24, 2.45) is 29.6 Å². The summed E-state index contributed by atoms with van der Waals surface area (Å²) in [6, 6.07) is 0. The first-order valence-electron chi connectivity index (χ1n) is 17.9. The Morgan fingerprint density at radius 3 is 1.48 bits per heavy atom. The molecule has 3 aliphatic rings. The van der Waals surface area contributed by atoms with E-state index in [0.717, 1.165) is 13.3 Å². The molecule has 1 aliphatic carbocycles. The molecule has 16 nitrogen and oxygen atoms in total. The van der Waals surface area contributed by atoms with Gasteiger partial charge in [0.25, 0.3) is 0 Å². The van der Waals surface area contributed by atoms with Crippen molar-refractivity contribution in [3.63, 3.8) is 0 Å². The smallest absolute Gasteiger partial charge is 0.305 e. The zero-order chi connectivity index (χ0) is 39.0. The van der Waals surface area contributed by atoms with Gasteiger partial charge in [-0.05, 0) is 24.2 Å². The van der Waals surface area contributed by atoms with Gasteiger partial charge in [0.1, 0.15) is 24.4 Å². The zero-order valence-electron chi connectivity index (χ0n) is 32.0. The molecule has 2 aliphatic heterocycles. The number of carbonyl (C=O) groups is 6. The summed E-state index contributed by atoms with van der Waals surface area (Å²) in [5.74, 6) is -4.44. The molecule has 0 aromatic heterocycles. The van der Waals surface area contributed by atoms with Gasteiger partial charge in [-0.15, -0.1) is 0 Å². The number of rotatable bonds is 13. The van der Waals surface area contributed by atoms with Gasteiger partial charge in [-0.25, -0.2) is 0 Å². The first-order valence-corrected chi connectivity index (χ1v) is 17.9. The molecule has 0 amide bonds. The fourth-order valence-electron chi connectivity index (χ4n) is 7.47. The predicted octanol–water partition coefficient (Wildman–Crippen LogP) is 3.03. The van der Waals surface area contributed by atoms with Crippen molar-refractivity contribution in [1.82, 2.24) is 0 Å². The minimum Gasteiger partial charge on any atom is -0.459 e. The van der Waals surface area contributed by atoms with Gasteiger partial charge < -0.3 is 47.4 Å². The second kappa shape index (κ2) is 19.1. The van der Waals surface area contributed by atoms with Gasteiger partial charge in [-0.3, -0.25) is 28.8 Å². The van der Waals surface area contributed by atoms with E-state index in [1.54, 1.807) is 13.8 Å². The van der Waals surface area contributed by atoms with Crippen LogP contribution in [0, 0.1) is 29.6 Å². The zero-order valence-corrected chi connectivity index (χ0v) is 32.0. The topological polar surface area (TPSA) is 195 Å². The first-order chi connectivity index (χ1) is 24.3. The Morgan fingerprint density at radius 1 is 0.481 bits per heavy atom. The highest BCUT2D eigenvalue weighted by atomic mass is 16.8. The van der Waals surface area contributed by atoms with E-state index >= 15 is 0 Å². The quantitative estimate of drug-likeness (QED) is 0.197. The van der Waals surface area contributed by atoms with Gasteiger partial charge >= 0.3 is 35.8 Å². The lowest BCUT2D eigenvalue weighted by Gasteiger charge is -2.47. The summed E-state index contributed by atoms with van der Waals surface area (Å²) in [6.07, 6.45) is -8.42. The van der Waals surface area contributed by atoms with Crippen molar-refractivity contribution in [1.29, 1.82) is 0 Å². The van der Waals surface area contributed by atoms with Crippen LogP contribution in [0.15, 0.2) is 0 Å². The van der Waals surface area contributed by atoms with Gasteiger partial charge in [0, 0.05) is 53.4 Å². The predicted molar refractivity (Wildman–Crippen MR) is 178 cm³/mol. The molecule has 2 heterocycles. The SMILES string of the molecule is CC[C@H]1C[C@@H](OCC2O[C@@H](OCC3OC(OC(C)=O)[C@H](OC(C)=O)[C@@H](C)[C@@H]3OC(C)=O)[C@H](OC(C)=O)[C@@H](OC(C)=O)[C@@H]2C)[C@H](OC(C)=O)[C@@H](C)[C@@H]1C. The van der Waals surface area contributed by atoms with Gasteiger partial charge in [0.15, 0.2) is 18.5 Å². The maximum absolute atomic E-state index is 12.3. The lowest BCUT2D eigenvalue weighted by atomic mass is 9.70. The second-order valence-electron chi connectivity index (χ2n) is 14.1. The van der Waals surface area contributed by atoms with Gasteiger partial charge in [0.2, 0.25) is 6.29 Å². The fourth-order valence-corrected chi connectivity index (χ4v) is 7.47. The number of hydrogen-bond donors (Lipinski definition) is 0. The molecular formula is C36H56O16. The highest BCUT2D eigenvalue weighted by Crippen LogP contribution is 2.40. The molecule has 296 valence electrons.